The van der Waals surface area contributed by atoms with Crippen molar-refractivity contribution < 1.29 is 14.4 Å². The molecule has 0 fully saturated rings. The zero-order valence-corrected chi connectivity index (χ0v) is 14.2. The molecule has 6 heteroatoms. The van der Waals surface area contributed by atoms with E-state index < -0.39 is 11.8 Å². The third-order valence-corrected chi connectivity index (χ3v) is 5.00. The topological polar surface area (TPSA) is 92.5 Å². The van der Waals surface area contributed by atoms with Crippen LogP contribution in [0.15, 0.2) is 42.5 Å². The van der Waals surface area contributed by atoms with E-state index in [0.29, 0.717) is 16.8 Å². The number of hydrogen-bond donors (Lipinski definition) is 2. The lowest BCUT2D eigenvalue weighted by Gasteiger charge is -2.27. The van der Waals surface area contributed by atoms with Crippen LogP contribution in [0.3, 0.4) is 0 Å². The molecule has 0 saturated heterocycles. The number of amides is 3. The van der Waals surface area contributed by atoms with Gasteiger partial charge in [-0.15, -0.1) is 0 Å². The minimum Gasteiger partial charge on any atom is -0.399 e. The predicted octanol–water partition coefficient (Wildman–Crippen LogP) is 2.06. The zero-order chi connectivity index (χ0) is 18.3. The van der Waals surface area contributed by atoms with Gasteiger partial charge in [-0.25, -0.2) is 0 Å². The number of anilines is 1. The number of aryl methyl sites for hydroxylation is 1. The maximum atomic E-state index is 12.5. The molecule has 4 rings (SSSR count). The molecule has 0 spiro atoms. The number of carbonyl (C=O) groups is 3. The number of nitrogen functional groups attached to an aromatic ring is 1. The Kier molecular flexibility index (Phi) is 3.95. The third-order valence-electron chi connectivity index (χ3n) is 5.00. The van der Waals surface area contributed by atoms with Crippen molar-refractivity contribution in [1.29, 1.82) is 0 Å². The predicted molar refractivity (Wildman–Crippen MR) is 96.5 cm³/mol. The standard InChI is InChI=1S/C20H19N3O3/c21-13-8-9-14-12(10-13)4-3-7-17(14)22-18(24)11-23-19(25)15-5-1-2-6-16(15)20(23)26/h1-2,5-6,8-10,17H,3-4,7,11,21H2,(H,22,24). The van der Waals surface area contributed by atoms with Crippen molar-refractivity contribution in [1.82, 2.24) is 10.2 Å². The Labute approximate surface area is 151 Å². The summed E-state index contributed by atoms with van der Waals surface area (Å²) >= 11 is 0. The van der Waals surface area contributed by atoms with Crippen molar-refractivity contribution in [3.05, 3.63) is 64.7 Å². The molecule has 132 valence electrons. The lowest BCUT2D eigenvalue weighted by atomic mass is 9.87. The number of imide groups is 1. The lowest BCUT2D eigenvalue weighted by molar-refractivity contribution is -0.122. The highest BCUT2D eigenvalue weighted by Crippen LogP contribution is 2.31. The first-order valence-electron chi connectivity index (χ1n) is 8.67. The van der Waals surface area contributed by atoms with Gasteiger partial charge in [-0.1, -0.05) is 18.2 Å². The first-order chi connectivity index (χ1) is 12.5. The van der Waals surface area contributed by atoms with Crippen molar-refractivity contribution in [3.63, 3.8) is 0 Å². The second kappa shape index (κ2) is 6.29. The SMILES string of the molecule is Nc1ccc2c(c1)CCCC2NC(=O)CN1C(=O)c2ccccc2C1=O. The van der Waals surface area contributed by atoms with Gasteiger partial charge < -0.3 is 11.1 Å². The normalized spacial score (nSPS) is 18.5. The molecule has 0 aromatic heterocycles. The smallest absolute Gasteiger partial charge is 0.262 e. The van der Waals surface area contributed by atoms with Crippen molar-refractivity contribution in [2.45, 2.75) is 25.3 Å². The molecule has 1 unspecified atom stereocenters. The van der Waals surface area contributed by atoms with Gasteiger partial charge in [0.05, 0.1) is 17.2 Å². The van der Waals surface area contributed by atoms with Gasteiger partial charge in [0.25, 0.3) is 11.8 Å². The van der Waals surface area contributed by atoms with Crippen molar-refractivity contribution in [2.75, 3.05) is 12.3 Å². The van der Waals surface area contributed by atoms with Crippen LogP contribution in [-0.4, -0.2) is 29.2 Å². The van der Waals surface area contributed by atoms with Gasteiger partial charge in [0.15, 0.2) is 0 Å². The fraction of sp³-hybridized carbons (Fsp3) is 0.250. The summed E-state index contributed by atoms with van der Waals surface area (Å²) in [6.45, 7) is -0.271. The van der Waals surface area contributed by atoms with Crippen LogP contribution >= 0.6 is 0 Å². The molecule has 6 nitrogen and oxygen atoms in total. The molecule has 26 heavy (non-hydrogen) atoms. The molecule has 1 aliphatic carbocycles. The van der Waals surface area contributed by atoms with E-state index in [9.17, 15) is 14.4 Å². The maximum absolute atomic E-state index is 12.5. The molecule has 0 bridgehead atoms. The first kappa shape index (κ1) is 16.3. The highest BCUT2D eigenvalue weighted by molar-refractivity contribution is 6.22. The number of benzene rings is 2. The van der Waals surface area contributed by atoms with Gasteiger partial charge >= 0.3 is 0 Å². The molecular weight excluding hydrogens is 330 g/mol. The second-order valence-corrected chi connectivity index (χ2v) is 6.71. The molecular formula is C20H19N3O3. The van der Waals surface area contributed by atoms with Crippen LogP contribution < -0.4 is 11.1 Å². The van der Waals surface area contributed by atoms with E-state index >= 15 is 0 Å². The minimum absolute atomic E-state index is 0.123. The molecule has 3 N–H and O–H groups in total. The van der Waals surface area contributed by atoms with E-state index in [2.05, 4.69) is 5.32 Å². The number of rotatable bonds is 3. The average Bonchev–Trinajstić information content (AvgIpc) is 2.87. The number of nitrogens with two attached hydrogens (primary N) is 1. The number of hydrogen-bond acceptors (Lipinski definition) is 4. The largest absolute Gasteiger partial charge is 0.399 e. The van der Waals surface area contributed by atoms with E-state index in [1.54, 1.807) is 24.3 Å². The maximum Gasteiger partial charge on any atom is 0.262 e. The quantitative estimate of drug-likeness (QED) is 0.655. The first-order valence-corrected chi connectivity index (χ1v) is 8.67. The van der Waals surface area contributed by atoms with Gasteiger partial charge in [-0.3, -0.25) is 19.3 Å². The van der Waals surface area contributed by atoms with Crippen LogP contribution in [0.5, 0.6) is 0 Å². The lowest BCUT2D eigenvalue weighted by Crippen LogP contribution is -2.42. The molecule has 0 radical (unpaired) electrons. The van der Waals surface area contributed by atoms with Gasteiger partial charge in [0.1, 0.15) is 6.54 Å². The van der Waals surface area contributed by atoms with E-state index in [0.717, 1.165) is 35.3 Å². The van der Waals surface area contributed by atoms with Crippen molar-refractivity contribution in [3.8, 4) is 0 Å². The highest BCUT2D eigenvalue weighted by Gasteiger charge is 2.36. The van der Waals surface area contributed by atoms with Gasteiger partial charge in [-0.05, 0) is 54.7 Å². The monoisotopic (exact) mass is 349 g/mol. The number of carbonyl (C=O) groups excluding carboxylic acids is 3. The molecule has 2 aliphatic rings. The Bertz CT molecular complexity index is 887. The Morgan fingerprint density at radius 1 is 1.12 bits per heavy atom. The number of nitrogens with one attached hydrogen (secondary N) is 1. The van der Waals surface area contributed by atoms with Gasteiger partial charge in [0.2, 0.25) is 5.91 Å². The minimum atomic E-state index is -0.419. The fourth-order valence-electron chi connectivity index (χ4n) is 3.75. The van der Waals surface area contributed by atoms with Crippen LogP contribution in [0.2, 0.25) is 0 Å². The molecule has 2 aromatic carbocycles. The zero-order valence-electron chi connectivity index (χ0n) is 14.2. The summed E-state index contributed by atoms with van der Waals surface area (Å²) in [4.78, 5) is 38.3. The van der Waals surface area contributed by atoms with Crippen LogP contribution in [-0.2, 0) is 11.2 Å². The third kappa shape index (κ3) is 2.73. The fourth-order valence-corrected chi connectivity index (χ4v) is 3.75. The Morgan fingerprint density at radius 2 is 1.81 bits per heavy atom. The Morgan fingerprint density at radius 3 is 2.50 bits per heavy atom. The van der Waals surface area contributed by atoms with Crippen LogP contribution in [0.25, 0.3) is 0 Å². The summed E-state index contributed by atoms with van der Waals surface area (Å²) < 4.78 is 0. The van der Waals surface area contributed by atoms with Crippen molar-refractivity contribution in [2.24, 2.45) is 0 Å². The molecule has 1 atom stereocenters. The second-order valence-electron chi connectivity index (χ2n) is 6.71. The van der Waals surface area contributed by atoms with Gasteiger partial charge in [-0.2, -0.15) is 0 Å². The highest BCUT2D eigenvalue weighted by atomic mass is 16.2. The van der Waals surface area contributed by atoms with E-state index in [1.807, 2.05) is 18.2 Å². The van der Waals surface area contributed by atoms with E-state index in [-0.39, 0.29) is 18.5 Å². The summed E-state index contributed by atoms with van der Waals surface area (Å²) in [6, 6.07) is 12.2. The summed E-state index contributed by atoms with van der Waals surface area (Å²) in [5.41, 5.74) is 9.45. The molecule has 2 aromatic rings. The van der Waals surface area contributed by atoms with Crippen LogP contribution in [0.4, 0.5) is 5.69 Å². The molecule has 3 amide bonds. The number of fused-ring (bicyclic) bond motifs is 2. The molecule has 1 heterocycles. The Balaban J connectivity index is 1.48. The van der Waals surface area contributed by atoms with Crippen molar-refractivity contribution >= 4 is 23.4 Å². The average molecular weight is 349 g/mol. The summed E-state index contributed by atoms with van der Waals surface area (Å²) in [6.07, 6.45) is 2.71. The summed E-state index contributed by atoms with van der Waals surface area (Å²) in [5.74, 6) is -1.18. The summed E-state index contributed by atoms with van der Waals surface area (Å²) in [5, 5.41) is 2.96. The molecule has 0 saturated carbocycles. The number of nitrogens with zero attached hydrogens (tertiary/aromatic N) is 1. The Hall–Kier alpha value is -3.15. The summed E-state index contributed by atoms with van der Waals surface area (Å²) in [7, 11) is 0. The van der Waals surface area contributed by atoms with Crippen LogP contribution in [0.1, 0.15) is 50.7 Å². The molecule has 1 aliphatic heterocycles. The van der Waals surface area contributed by atoms with Gasteiger partial charge in [0, 0.05) is 5.69 Å². The van der Waals surface area contributed by atoms with Crippen LogP contribution in [0, 0.1) is 0 Å². The van der Waals surface area contributed by atoms with E-state index in [1.165, 1.54) is 0 Å². The van der Waals surface area contributed by atoms with E-state index in [4.69, 9.17) is 5.73 Å².